The fraction of sp³-hybridized carbons (Fsp3) is 0.667. The first-order valence-electron chi connectivity index (χ1n) is 2.84. The van der Waals surface area contributed by atoms with Gasteiger partial charge in [0.25, 0.3) is 0 Å². The molecular weight excluding hydrogens is 116 g/mol. The predicted octanol–water partition coefficient (Wildman–Crippen LogP) is -0.144. The van der Waals surface area contributed by atoms with Crippen LogP contribution in [0.5, 0.6) is 0 Å². The summed E-state index contributed by atoms with van der Waals surface area (Å²) in [5, 5.41) is 0. The Kier molecular flexibility index (Phi) is 2.52. The molecule has 0 spiro atoms. The van der Waals surface area contributed by atoms with Crippen LogP contribution < -0.4 is 0 Å². The van der Waals surface area contributed by atoms with Crippen molar-refractivity contribution in [1.82, 2.24) is 9.80 Å². The van der Waals surface area contributed by atoms with E-state index < -0.39 is 0 Å². The summed E-state index contributed by atoms with van der Waals surface area (Å²) in [6, 6.07) is 0. The van der Waals surface area contributed by atoms with Crippen LogP contribution >= 0.6 is 0 Å². The fourth-order valence-corrected chi connectivity index (χ4v) is 0.747. The molecule has 0 bridgehead atoms. The lowest BCUT2D eigenvalue weighted by Crippen LogP contribution is -2.30. The Morgan fingerprint density at radius 1 is 1.11 bits per heavy atom. The molecule has 0 aromatic carbocycles. The van der Waals surface area contributed by atoms with Crippen LogP contribution in [0.1, 0.15) is 6.92 Å². The van der Waals surface area contributed by atoms with Gasteiger partial charge >= 0.3 is 0 Å². The van der Waals surface area contributed by atoms with Gasteiger partial charge < -0.3 is 15.3 Å². The summed E-state index contributed by atoms with van der Waals surface area (Å²) in [6.45, 7) is 2.17. The van der Waals surface area contributed by atoms with Crippen molar-refractivity contribution in [1.29, 1.82) is 0 Å². The largest absolute Gasteiger partial charge is 0.412 e. The normalized spacial score (nSPS) is 18.6. The molecule has 0 aliphatic carbocycles. The lowest BCUT2D eigenvalue weighted by atomic mass is 10.5. The first kappa shape index (κ1) is 8.30. The van der Waals surface area contributed by atoms with Crippen LogP contribution in [0, 0.1) is 0 Å². The van der Waals surface area contributed by atoms with Crippen molar-refractivity contribution < 1.29 is 5.48 Å². The molecule has 1 heterocycles. The minimum absolute atomic E-state index is 0. The quantitative estimate of drug-likeness (QED) is 0.457. The van der Waals surface area contributed by atoms with Crippen molar-refractivity contribution >= 4 is 0 Å². The molecule has 3 heteroatoms. The molecular formula is C6H14N2O. The second-order valence-corrected chi connectivity index (χ2v) is 2.26. The van der Waals surface area contributed by atoms with Crippen LogP contribution in [0.4, 0.5) is 0 Å². The molecule has 0 amide bonds. The molecule has 0 unspecified atom stereocenters. The van der Waals surface area contributed by atoms with Gasteiger partial charge in [-0.15, -0.1) is 0 Å². The van der Waals surface area contributed by atoms with E-state index in [4.69, 9.17) is 0 Å². The van der Waals surface area contributed by atoms with Crippen LogP contribution in [0.3, 0.4) is 0 Å². The van der Waals surface area contributed by atoms with E-state index in [1.54, 1.807) is 0 Å². The SMILES string of the molecule is CC1N(C)C=CN1C.O. The maximum atomic E-state index is 2.17. The summed E-state index contributed by atoms with van der Waals surface area (Å²) < 4.78 is 0. The molecule has 1 aliphatic heterocycles. The molecule has 0 saturated carbocycles. The number of hydrogen-bond acceptors (Lipinski definition) is 2. The first-order valence-corrected chi connectivity index (χ1v) is 2.84. The van der Waals surface area contributed by atoms with Gasteiger partial charge in [0.1, 0.15) is 0 Å². The molecule has 1 aliphatic rings. The average molecular weight is 130 g/mol. The number of hydrogen-bond donors (Lipinski definition) is 0. The van der Waals surface area contributed by atoms with Crippen LogP contribution in [0.25, 0.3) is 0 Å². The van der Waals surface area contributed by atoms with Gasteiger partial charge in [0, 0.05) is 26.5 Å². The van der Waals surface area contributed by atoms with E-state index in [-0.39, 0.29) is 5.48 Å². The summed E-state index contributed by atoms with van der Waals surface area (Å²) in [6.07, 6.45) is 4.69. The van der Waals surface area contributed by atoms with E-state index in [2.05, 4.69) is 43.2 Å². The Labute approximate surface area is 55.9 Å². The molecule has 3 nitrogen and oxygen atoms in total. The Morgan fingerprint density at radius 2 is 1.44 bits per heavy atom. The monoisotopic (exact) mass is 130 g/mol. The summed E-state index contributed by atoms with van der Waals surface area (Å²) in [5.74, 6) is 0. The van der Waals surface area contributed by atoms with Gasteiger partial charge in [0.05, 0.1) is 6.17 Å². The van der Waals surface area contributed by atoms with Gasteiger partial charge in [-0.05, 0) is 6.92 Å². The van der Waals surface area contributed by atoms with Crippen molar-refractivity contribution in [2.45, 2.75) is 13.1 Å². The minimum atomic E-state index is 0. The number of rotatable bonds is 0. The van der Waals surface area contributed by atoms with Gasteiger partial charge in [0.2, 0.25) is 0 Å². The standard InChI is InChI=1S/C6H12N2.H2O/c1-6-7(2)4-5-8(6)3;/h4-6H,1-3H3;1H2. The molecule has 0 aromatic rings. The van der Waals surface area contributed by atoms with Gasteiger partial charge in [-0.3, -0.25) is 0 Å². The second kappa shape index (κ2) is 2.73. The van der Waals surface area contributed by atoms with E-state index in [1.165, 1.54) is 0 Å². The van der Waals surface area contributed by atoms with Crippen LogP contribution in [-0.2, 0) is 0 Å². The molecule has 0 aromatic heterocycles. The van der Waals surface area contributed by atoms with Crippen molar-refractivity contribution in [2.75, 3.05) is 14.1 Å². The molecule has 0 fully saturated rings. The zero-order valence-corrected chi connectivity index (χ0v) is 6.13. The fourth-order valence-electron chi connectivity index (χ4n) is 0.747. The highest BCUT2D eigenvalue weighted by Crippen LogP contribution is 2.08. The summed E-state index contributed by atoms with van der Waals surface area (Å²) in [4.78, 5) is 4.33. The van der Waals surface area contributed by atoms with E-state index in [9.17, 15) is 0 Å². The van der Waals surface area contributed by atoms with E-state index in [1.807, 2.05) is 0 Å². The topological polar surface area (TPSA) is 38.0 Å². The van der Waals surface area contributed by atoms with Crippen molar-refractivity contribution in [3.8, 4) is 0 Å². The molecule has 54 valence electrons. The van der Waals surface area contributed by atoms with E-state index >= 15 is 0 Å². The van der Waals surface area contributed by atoms with Crippen LogP contribution in [0.15, 0.2) is 12.4 Å². The number of nitrogens with zero attached hydrogens (tertiary/aromatic N) is 2. The summed E-state index contributed by atoms with van der Waals surface area (Å²) in [5.41, 5.74) is 0. The van der Waals surface area contributed by atoms with Crippen molar-refractivity contribution in [2.24, 2.45) is 0 Å². The molecule has 0 atom stereocenters. The molecule has 2 N–H and O–H groups in total. The lowest BCUT2D eigenvalue weighted by Gasteiger charge is -2.22. The van der Waals surface area contributed by atoms with E-state index in [0.717, 1.165) is 0 Å². The average Bonchev–Trinajstić information content (AvgIpc) is 1.98. The van der Waals surface area contributed by atoms with Gasteiger partial charge in [-0.2, -0.15) is 0 Å². The Bertz CT molecular complexity index is 102. The minimum Gasteiger partial charge on any atom is -0.412 e. The maximum Gasteiger partial charge on any atom is 0.0971 e. The summed E-state index contributed by atoms with van der Waals surface area (Å²) in [7, 11) is 4.15. The second-order valence-electron chi connectivity index (χ2n) is 2.26. The van der Waals surface area contributed by atoms with Crippen molar-refractivity contribution in [3.05, 3.63) is 12.4 Å². The van der Waals surface area contributed by atoms with Crippen LogP contribution in [-0.4, -0.2) is 35.5 Å². The predicted molar refractivity (Wildman–Crippen MR) is 37.7 cm³/mol. The zero-order chi connectivity index (χ0) is 6.15. The van der Waals surface area contributed by atoms with E-state index in [0.29, 0.717) is 6.17 Å². The Morgan fingerprint density at radius 3 is 1.56 bits per heavy atom. The smallest absolute Gasteiger partial charge is 0.0971 e. The highest BCUT2D eigenvalue weighted by molar-refractivity contribution is 4.91. The van der Waals surface area contributed by atoms with Crippen molar-refractivity contribution in [3.63, 3.8) is 0 Å². The van der Waals surface area contributed by atoms with Gasteiger partial charge in [-0.25, -0.2) is 0 Å². The maximum absolute atomic E-state index is 2.17. The highest BCUT2D eigenvalue weighted by atomic mass is 16.0. The molecule has 0 radical (unpaired) electrons. The third kappa shape index (κ3) is 1.36. The van der Waals surface area contributed by atoms with Crippen LogP contribution in [0.2, 0.25) is 0 Å². The molecule has 0 saturated heterocycles. The van der Waals surface area contributed by atoms with Gasteiger partial charge in [0.15, 0.2) is 0 Å². The molecule has 9 heavy (non-hydrogen) atoms. The Balaban J connectivity index is 0.000000640. The summed E-state index contributed by atoms with van der Waals surface area (Å²) >= 11 is 0. The highest BCUT2D eigenvalue weighted by Gasteiger charge is 2.12. The lowest BCUT2D eigenvalue weighted by molar-refractivity contribution is 0.226. The first-order chi connectivity index (χ1) is 3.72. The third-order valence-corrected chi connectivity index (χ3v) is 1.72. The zero-order valence-electron chi connectivity index (χ0n) is 6.13. The van der Waals surface area contributed by atoms with Gasteiger partial charge in [-0.1, -0.05) is 0 Å². The third-order valence-electron chi connectivity index (χ3n) is 1.72. The Hall–Kier alpha value is -0.700. The molecule has 1 rings (SSSR count).